The summed E-state index contributed by atoms with van der Waals surface area (Å²) < 4.78 is 13.7. The first-order valence-corrected chi connectivity index (χ1v) is 10.9. The number of carbonyl (C=O) groups is 2. The minimum Gasteiger partial charge on any atom is -0.493 e. The topological polar surface area (TPSA) is 76.7 Å². The highest BCUT2D eigenvalue weighted by Crippen LogP contribution is 2.40. The molecule has 0 radical (unpaired) electrons. The minimum absolute atomic E-state index is 0.315. The number of nitrogens with zero attached hydrogens (tertiary/aromatic N) is 2. The number of para-hydroxylation sites is 1. The Bertz CT molecular complexity index is 1420. The average Bonchev–Trinajstić information content (AvgIpc) is 3.48. The molecule has 7 heteroatoms. The number of nitrogens with one attached hydrogen (secondary N) is 1. The second kappa shape index (κ2) is 8.26. The van der Waals surface area contributed by atoms with Crippen LogP contribution in [0.4, 0.5) is 0 Å². The first kappa shape index (κ1) is 21.0. The van der Waals surface area contributed by atoms with Crippen LogP contribution < -0.4 is 10.1 Å². The lowest BCUT2D eigenvalue weighted by molar-refractivity contribution is -0.122. The van der Waals surface area contributed by atoms with Gasteiger partial charge in [0.2, 0.25) is 0 Å². The lowest BCUT2D eigenvalue weighted by Crippen LogP contribution is -2.22. The van der Waals surface area contributed by atoms with E-state index in [-0.39, 0.29) is 0 Å². The molecule has 0 unspecified atom stereocenters. The fraction of sp³-hybridized carbons (Fsp3) is 0.231. The van der Waals surface area contributed by atoms with Gasteiger partial charge in [-0.3, -0.25) is 14.9 Å². The van der Waals surface area contributed by atoms with Gasteiger partial charge in [0, 0.05) is 41.8 Å². The Kier molecular flexibility index (Phi) is 5.26. The molecule has 1 N–H and O–H groups in total. The van der Waals surface area contributed by atoms with Crippen molar-refractivity contribution in [1.29, 1.82) is 0 Å². The molecular formula is C26H25N3O4. The fourth-order valence-corrected chi connectivity index (χ4v) is 4.43. The van der Waals surface area contributed by atoms with E-state index in [1.807, 2.05) is 68.3 Å². The highest BCUT2D eigenvalue weighted by Gasteiger charge is 2.35. The number of amides is 2. The van der Waals surface area contributed by atoms with E-state index in [2.05, 4.69) is 10.2 Å². The van der Waals surface area contributed by atoms with Crippen LogP contribution in [-0.2, 0) is 16.6 Å². The summed E-state index contributed by atoms with van der Waals surface area (Å²) >= 11 is 0. The zero-order chi connectivity index (χ0) is 23.1. The molecule has 0 saturated heterocycles. The van der Waals surface area contributed by atoms with Crippen LogP contribution in [0, 0.1) is 0 Å². The van der Waals surface area contributed by atoms with Crippen LogP contribution in [0.15, 0.2) is 59.3 Å². The first-order valence-electron chi connectivity index (χ1n) is 10.9. The summed E-state index contributed by atoms with van der Waals surface area (Å²) in [5.74, 6) is -0.145. The lowest BCUT2D eigenvalue weighted by Gasteiger charge is -2.12. The number of benzene rings is 2. The second-order valence-corrected chi connectivity index (χ2v) is 8.48. The summed E-state index contributed by atoms with van der Waals surface area (Å²) in [4.78, 5) is 28.0. The number of ether oxygens (including phenoxy) is 1. The van der Waals surface area contributed by atoms with E-state index in [9.17, 15) is 9.59 Å². The van der Waals surface area contributed by atoms with Crippen molar-refractivity contribution in [2.75, 3.05) is 27.2 Å². The third-order valence-electron chi connectivity index (χ3n) is 5.95. The molecular weight excluding hydrogens is 418 g/mol. The van der Waals surface area contributed by atoms with Gasteiger partial charge in [0.05, 0.1) is 29.4 Å². The molecule has 0 bridgehead atoms. The van der Waals surface area contributed by atoms with Gasteiger partial charge in [-0.15, -0.1) is 0 Å². The Morgan fingerprint density at radius 1 is 0.970 bits per heavy atom. The summed E-state index contributed by atoms with van der Waals surface area (Å²) in [6.45, 7) is 1.50. The minimum atomic E-state index is -0.430. The number of imide groups is 1. The van der Waals surface area contributed by atoms with E-state index >= 15 is 0 Å². The number of furan rings is 1. The quantitative estimate of drug-likeness (QED) is 0.347. The maximum Gasteiger partial charge on any atom is 0.259 e. The lowest BCUT2D eigenvalue weighted by atomic mass is 9.95. The van der Waals surface area contributed by atoms with Gasteiger partial charge in [0.15, 0.2) is 0 Å². The highest BCUT2D eigenvalue weighted by atomic mass is 16.5. The van der Waals surface area contributed by atoms with Gasteiger partial charge in [-0.1, -0.05) is 18.2 Å². The normalized spacial score (nSPS) is 14.2. The van der Waals surface area contributed by atoms with Crippen LogP contribution >= 0.6 is 0 Å². The largest absolute Gasteiger partial charge is 0.493 e. The number of aromatic nitrogens is 1. The highest BCUT2D eigenvalue weighted by molar-refractivity contribution is 6.50. The van der Waals surface area contributed by atoms with Crippen molar-refractivity contribution in [2.24, 2.45) is 7.05 Å². The maximum absolute atomic E-state index is 13.0. The van der Waals surface area contributed by atoms with Gasteiger partial charge in [0.25, 0.3) is 11.8 Å². The molecule has 3 heterocycles. The molecule has 0 fully saturated rings. The van der Waals surface area contributed by atoms with Crippen LogP contribution in [0.1, 0.15) is 17.5 Å². The van der Waals surface area contributed by atoms with Crippen molar-refractivity contribution in [3.8, 4) is 5.75 Å². The van der Waals surface area contributed by atoms with E-state index in [0.717, 1.165) is 34.8 Å². The molecule has 2 aromatic heterocycles. The van der Waals surface area contributed by atoms with Crippen molar-refractivity contribution in [3.05, 3.63) is 66.1 Å². The molecule has 0 aliphatic carbocycles. The molecule has 5 rings (SSSR count). The SMILES string of the molecule is CN(C)CCCOc1ccc(C2=C(c3cn(C)c4ccccc34)C(=O)NC2=O)c2occc12. The zero-order valence-electron chi connectivity index (χ0n) is 18.8. The third-order valence-corrected chi connectivity index (χ3v) is 5.95. The number of carbonyl (C=O) groups excluding carboxylic acids is 2. The van der Waals surface area contributed by atoms with E-state index in [1.165, 1.54) is 0 Å². The number of aryl methyl sites for hydroxylation is 1. The van der Waals surface area contributed by atoms with Crippen molar-refractivity contribution in [2.45, 2.75) is 6.42 Å². The Balaban J connectivity index is 1.62. The Labute approximate surface area is 191 Å². The molecule has 0 saturated carbocycles. The Morgan fingerprint density at radius 3 is 2.52 bits per heavy atom. The summed E-state index contributed by atoms with van der Waals surface area (Å²) in [5.41, 5.74) is 3.47. The number of hydrogen-bond donors (Lipinski definition) is 1. The zero-order valence-corrected chi connectivity index (χ0v) is 18.8. The Hall–Kier alpha value is -3.84. The van der Waals surface area contributed by atoms with Crippen LogP contribution in [0.3, 0.4) is 0 Å². The molecule has 1 aliphatic heterocycles. The summed E-state index contributed by atoms with van der Waals surface area (Å²) in [6.07, 6.45) is 4.36. The van der Waals surface area contributed by atoms with Gasteiger partial charge in [-0.2, -0.15) is 0 Å². The number of fused-ring (bicyclic) bond motifs is 2. The average molecular weight is 444 g/mol. The maximum atomic E-state index is 13.0. The smallest absolute Gasteiger partial charge is 0.259 e. The first-order chi connectivity index (χ1) is 16.0. The standard InChI is InChI=1S/C26H25N3O4/c1-28(2)12-6-13-32-21-10-9-18(24-17(21)11-14-33-24)22-23(26(31)27-25(22)30)19-15-29(3)20-8-5-4-7-16(19)20/h4-5,7-11,14-15H,6,12-13H2,1-3H3,(H,27,30,31). The molecule has 2 amide bonds. The van der Waals surface area contributed by atoms with Crippen molar-refractivity contribution >= 4 is 44.8 Å². The summed E-state index contributed by atoms with van der Waals surface area (Å²) in [6, 6.07) is 13.3. The van der Waals surface area contributed by atoms with Gasteiger partial charge in [-0.25, -0.2) is 0 Å². The van der Waals surface area contributed by atoms with Crippen molar-refractivity contribution < 1.29 is 18.7 Å². The van der Waals surface area contributed by atoms with Gasteiger partial charge in [0.1, 0.15) is 11.3 Å². The van der Waals surface area contributed by atoms with Crippen LogP contribution in [0.25, 0.3) is 33.0 Å². The van der Waals surface area contributed by atoms with E-state index < -0.39 is 11.8 Å². The fourth-order valence-electron chi connectivity index (χ4n) is 4.43. The van der Waals surface area contributed by atoms with Gasteiger partial charge >= 0.3 is 0 Å². The molecule has 0 spiro atoms. The molecule has 4 aromatic rings. The van der Waals surface area contributed by atoms with E-state index in [0.29, 0.717) is 34.6 Å². The molecule has 2 aromatic carbocycles. The van der Waals surface area contributed by atoms with Crippen LogP contribution in [-0.4, -0.2) is 48.5 Å². The van der Waals surface area contributed by atoms with Crippen LogP contribution in [0.5, 0.6) is 5.75 Å². The number of hydrogen-bond acceptors (Lipinski definition) is 5. The molecule has 1 aliphatic rings. The van der Waals surface area contributed by atoms with Gasteiger partial charge < -0.3 is 18.6 Å². The Morgan fingerprint density at radius 2 is 1.73 bits per heavy atom. The van der Waals surface area contributed by atoms with Gasteiger partial charge in [-0.05, 0) is 44.8 Å². The molecule has 0 atom stereocenters. The predicted molar refractivity (Wildman–Crippen MR) is 128 cm³/mol. The summed E-state index contributed by atoms with van der Waals surface area (Å²) in [5, 5.41) is 4.16. The third kappa shape index (κ3) is 3.60. The molecule has 7 nitrogen and oxygen atoms in total. The second-order valence-electron chi connectivity index (χ2n) is 8.48. The van der Waals surface area contributed by atoms with Crippen molar-refractivity contribution in [3.63, 3.8) is 0 Å². The van der Waals surface area contributed by atoms with Crippen LogP contribution in [0.2, 0.25) is 0 Å². The molecule has 33 heavy (non-hydrogen) atoms. The molecule has 168 valence electrons. The van der Waals surface area contributed by atoms with E-state index in [4.69, 9.17) is 9.15 Å². The summed E-state index contributed by atoms with van der Waals surface area (Å²) in [7, 11) is 5.98. The predicted octanol–water partition coefficient (Wildman–Crippen LogP) is 3.82. The van der Waals surface area contributed by atoms with E-state index in [1.54, 1.807) is 12.3 Å². The number of rotatable bonds is 7. The monoisotopic (exact) mass is 443 g/mol. The van der Waals surface area contributed by atoms with Crippen molar-refractivity contribution in [1.82, 2.24) is 14.8 Å².